The fraction of sp³-hybridized carbons (Fsp3) is 0.143. The molecule has 3 aromatic rings. The van der Waals surface area contributed by atoms with Gasteiger partial charge in [-0.25, -0.2) is 4.98 Å². The van der Waals surface area contributed by atoms with Crippen molar-refractivity contribution in [1.29, 1.82) is 0 Å². The van der Waals surface area contributed by atoms with Crippen molar-refractivity contribution in [3.8, 4) is 5.75 Å². The molecule has 0 saturated heterocycles. The number of hydrogen-bond donors (Lipinski definition) is 2. The SMILES string of the molecule is COc1ccc(NC(=O)c2ccnc(Nc3ccc(N(C)C)cc3)c2)cc1Cl. The smallest absolute Gasteiger partial charge is 0.255 e. The van der Waals surface area contributed by atoms with Gasteiger partial charge in [0.1, 0.15) is 11.6 Å². The molecular weight excluding hydrogens is 376 g/mol. The van der Waals surface area contributed by atoms with Gasteiger partial charge < -0.3 is 20.3 Å². The van der Waals surface area contributed by atoms with Crippen LogP contribution in [0.2, 0.25) is 5.02 Å². The van der Waals surface area contributed by atoms with E-state index in [-0.39, 0.29) is 5.91 Å². The lowest BCUT2D eigenvalue weighted by Gasteiger charge is -2.13. The van der Waals surface area contributed by atoms with Crippen LogP contribution in [0, 0.1) is 0 Å². The Bertz CT molecular complexity index is 974. The van der Waals surface area contributed by atoms with Crippen LogP contribution in [0.3, 0.4) is 0 Å². The molecule has 1 heterocycles. The highest BCUT2D eigenvalue weighted by Gasteiger charge is 2.10. The predicted molar refractivity (Wildman–Crippen MR) is 114 cm³/mol. The Morgan fingerprint density at radius 3 is 2.39 bits per heavy atom. The maximum absolute atomic E-state index is 12.6. The molecule has 28 heavy (non-hydrogen) atoms. The normalized spacial score (nSPS) is 10.3. The second-order valence-electron chi connectivity index (χ2n) is 6.30. The number of amides is 1. The van der Waals surface area contributed by atoms with Crippen molar-refractivity contribution < 1.29 is 9.53 Å². The monoisotopic (exact) mass is 396 g/mol. The summed E-state index contributed by atoms with van der Waals surface area (Å²) in [7, 11) is 5.52. The minimum atomic E-state index is -0.255. The third kappa shape index (κ3) is 4.72. The summed E-state index contributed by atoms with van der Waals surface area (Å²) in [6.07, 6.45) is 1.59. The van der Waals surface area contributed by atoms with Crippen molar-refractivity contribution in [2.24, 2.45) is 0 Å². The van der Waals surface area contributed by atoms with Gasteiger partial charge in [0.25, 0.3) is 5.91 Å². The number of carbonyl (C=O) groups is 1. The molecule has 0 aliphatic heterocycles. The number of aromatic nitrogens is 1. The van der Waals surface area contributed by atoms with Crippen LogP contribution >= 0.6 is 11.6 Å². The van der Waals surface area contributed by atoms with Crippen molar-refractivity contribution in [3.63, 3.8) is 0 Å². The third-order valence-electron chi connectivity index (χ3n) is 4.09. The maximum Gasteiger partial charge on any atom is 0.255 e. The van der Waals surface area contributed by atoms with E-state index in [1.165, 1.54) is 0 Å². The second-order valence-corrected chi connectivity index (χ2v) is 6.71. The number of carbonyl (C=O) groups excluding carboxylic acids is 1. The second kappa shape index (κ2) is 8.63. The number of benzene rings is 2. The van der Waals surface area contributed by atoms with Gasteiger partial charge in [-0.1, -0.05) is 11.6 Å². The van der Waals surface area contributed by atoms with Crippen LogP contribution < -0.4 is 20.3 Å². The number of anilines is 4. The molecule has 0 unspecified atom stereocenters. The summed E-state index contributed by atoms with van der Waals surface area (Å²) < 4.78 is 5.12. The van der Waals surface area contributed by atoms with Gasteiger partial charge in [-0.2, -0.15) is 0 Å². The molecule has 0 saturated carbocycles. The minimum absolute atomic E-state index is 0.255. The van der Waals surface area contributed by atoms with Gasteiger partial charge in [0, 0.05) is 42.9 Å². The van der Waals surface area contributed by atoms with Crippen LogP contribution in [0.4, 0.5) is 22.9 Å². The molecule has 0 bridgehead atoms. The minimum Gasteiger partial charge on any atom is -0.495 e. The van der Waals surface area contributed by atoms with Crippen LogP contribution in [-0.2, 0) is 0 Å². The van der Waals surface area contributed by atoms with E-state index < -0.39 is 0 Å². The Morgan fingerprint density at radius 1 is 1.04 bits per heavy atom. The molecule has 0 aliphatic rings. The van der Waals surface area contributed by atoms with Gasteiger partial charge in [0.15, 0.2) is 0 Å². The lowest BCUT2D eigenvalue weighted by Crippen LogP contribution is -2.12. The van der Waals surface area contributed by atoms with E-state index in [4.69, 9.17) is 16.3 Å². The number of halogens is 1. The predicted octanol–water partition coefficient (Wildman–Crippen LogP) is 4.81. The molecule has 7 heteroatoms. The first-order valence-corrected chi connectivity index (χ1v) is 8.99. The van der Waals surface area contributed by atoms with Crippen molar-refractivity contribution in [3.05, 3.63) is 71.4 Å². The molecule has 1 aromatic heterocycles. The zero-order valence-electron chi connectivity index (χ0n) is 15.9. The molecule has 0 aliphatic carbocycles. The summed E-state index contributed by atoms with van der Waals surface area (Å²) in [6.45, 7) is 0. The van der Waals surface area contributed by atoms with E-state index in [2.05, 4.69) is 15.6 Å². The first kappa shape index (κ1) is 19.5. The lowest BCUT2D eigenvalue weighted by molar-refractivity contribution is 0.102. The largest absolute Gasteiger partial charge is 0.495 e. The van der Waals surface area contributed by atoms with Gasteiger partial charge in [-0.3, -0.25) is 4.79 Å². The van der Waals surface area contributed by atoms with Crippen LogP contribution in [-0.4, -0.2) is 32.1 Å². The van der Waals surface area contributed by atoms with Gasteiger partial charge in [0.05, 0.1) is 12.1 Å². The molecule has 2 N–H and O–H groups in total. The summed E-state index contributed by atoms with van der Waals surface area (Å²) in [4.78, 5) is 18.9. The molecule has 144 valence electrons. The Balaban J connectivity index is 1.71. The van der Waals surface area contributed by atoms with Crippen LogP contribution in [0.25, 0.3) is 0 Å². The Kier molecular flexibility index (Phi) is 6.01. The molecule has 1 amide bonds. The van der Waals surface area contributed by atoms with E-state index in [0.29, 0.717) is 27.8 Å². The number of ether oxygens (including phenoxy) is 1. The quantitative estimate of drug-likeness (QED) is 0.626. The summed E-state index contributed by atoms with van der Waals surface area (Å²) in [5.74, 6) is 0.878. The molecule has 3 rings (SSSR count). The summed E-state index contributed by atoms with van der Waals surface area (Å²) in [5, 5.41) is 6.46. The van der Waals surface area contributed by atoms with Crippen molar-refractivity contribution in [1.82, 2.24) is 4.98 Å². The van der Waals surface area contributed by atoms with Crippen LogP contribution in [0.1, 0.15) is 10.4 Å². The Morgan fingerprint density at radius 2 is 1.75 bits per heavy atom. The number of pyridine rings is 1. The third-order valence-corrected chi connectivity index (χ3v) is 4.38. The molecular formula is C21H21ClN4O2. The number of nitrogens with one attached hydrogen (secondary N) is 2. The molecule has 0 spiro atoms. The summed E-state index contributed by atoms with van der Waals surface area (Å²) in [5.41, 5.74) is 3.05. The Labute approximate surface area is 169 Å². The van der Waals surface area contributed by atoms with E-state index in [1.54, 1.807) is 43.6 Å². The van der Waals surface area contributed by atoms with E-state index in [1.807, 2.05) is 43.3 Å². The van der Waals surface area contributed by atoms with Crippen molar-refractivity contribution in [2.45, 2.75) is 0 Å². The molecule has 0 atom stereocenters. The summed E-state index contributed by atoms with van der Waals surface area (Å²) in [6, 6.07) is 16.4. The van der Waals surface area contributed by atoms with E-state index >= 15 is 0 Å². The van der Waals surface area contributed by atoms with E-state index in [0.717, 1.165) is 11.4 Å². The zero-order chi connectivity index (χ0) is 20.1. The first-order valence-electron chi connectivity index (χ1n) is 8.61. The van der Waals surface area contributed by atoms with Gasteiger partial charge in [-0.15, -0.1) is 0 Å². The Hall–Kier alpha value is -3.25. The number of hydrogen-bond acceptors (Lipinski definition) is 5. The zero-order valence-corrected chi connectivity index (χ0v) is 16.6. The number of rotatable bonds is 6. The highest BCUT2D eigenvalue weighted by atomic mass is 35.5. The maximum atomic E-state index is 12.6. The van der Waals surface area contributed by atoms with Crippen molar-refractivity contribution >= 4 is 40.4 Å². The molecule has 0 radical (unpaired) electrons. The van der Waals surface area contributed by atoms with E-state index in [9.17, 15) is 4.79 Å². The number of methoxy groups -OCH3 is 1. The average molecular weight is 397 g/mol. The fourth-order valence-corrected chi connectivity index (χ4v) is 2.84. The van der Waals surface area contributed by atoms with Crippen molar-refractivity contribution in [2.75, 3.05) is 36.7 Å². The average Bonchev–Trinajstić information content (AvgIpc) is 2.69. The topological polar surface area (TPSA) is 66.5 Å². The molecule has 2 aromatic carbocycles. The van der Waals surface area contributed by atoms with Crippen LogP contribution in [0.15, 0.2) is 60.8 Å². The van der Waals surface area contributed by atoms with Gasteiger partial charge in [0.2, 0.25) is 0 Å². The highest BCUT2D eigenvalue weighted by molar-refractivity contribution is 6.32. The van der Waals surface area contributed by atoms with Gasteiger partial charge >= 0.3 is 0 Å². The highest BCUT2D eigenvalue weighted by Crippen LogP contribution is 2.27. The standard InChI is InChI=1S/C21H21ClN4O2/c1-26(2)17-7-4-15(5-8-17)24-20-12-14(10-11-23-20)21(27)25-16-6-9-19(28-3)18(22)13-16/h4-13H,1-3H3,(H,23,24)(H,25,27). The molecule has 0 fully saturated rings. The van der Waals surface area contributed by atoms with Crippen LogP contribution in [0.5, 0.6) is 5.75 Å². The summed E-state index contributed by atoms with van der Waals surface area (Å²) >= 11 is 6.11. The lowest BCUT2D eigenvalue weighted by atomic mass is 10.2. The molecule has 6 nitrogen and oxygen atoms in total. The van der Waals surface area contributed by atoms with Gasteiger partial charge in [-0.05, 0) is 54.6 Å². The number of nitrogens with zero attached hydrogens (tertiary/aromatic N) is 2. The fourth-order valence-electron chi connectivity index (χ4n) is 2.58. The first-order chi connectivity index (χ1) is 13.5.